The van der Waals surface area contributed by atoms with Crippen molar-refractivity contribution in [2.45, 2.75) is 43.9 Å². The van der Waals surface area contributed by atoms with Crippen LogP contribution in [0.2, 0.25) is 0 Å². The molecule has 248 valence electrons. The Morgan fingerprint density at radius 2 is 1.02 bits per heavy atom. The van der Waals surface area contributed by atoms with Gasteiger partial charge in [-0.25, -0.2) is 15.0 Å². The Kier molecular flexibility index (Phi) is 6.47. The van der Waals surface area contributed by atoms with E-state index >= 15 is 0 Å². The molecule has 4 aliphatic rings. The Bertz CT molecular complexity index is 2730. The first kappa shape index (κ1) is 29.8. The molecule has 52 heavy (non-hydrogen) atoms. The van der Waals surface area contributed by atoms with Crippen LogP contribution in [-0.2, 0) is 5.41 Å². The maximum absolute atomic E-state index is 10.0. The first-order valence-electron chi connectivity index (χ1n) is 18.7. The molecule has 12 rings (SSSR count). The molecule has 0 N–H and O–H groups in total. The van der Waals surface area contributed by atoms with Gasteiger partial charge in [0.05, 0.1) is 11.6 Å². The molecule has 4 bridgehead atoms. The van der Waals surface area contributed by atoms with Gasteiger partial charge in [0.25, 0.3) is 0 Å². The third-order valence-electron chi connectivity index (χ3n) is 12.7. The molecule has 0 spiro atoms. The largest absolute Gasteiger partial charge is 0.208 e. The summed E-state index contributed by atoms with van der Waals surface area (Å²) in [6, 6.07) is 47.5. The first-order chi connectivity index (χ1) is 25.6. The molecule has 0 amide bonds. The van der Waals surface area contributed by atoms with Gasteiger partial charge in [-0.15, -0.1) is 0 Å². The van der Waals surface area contributed by atoms with E-state index in [1.165, 1.54) is 49.5 Å². The van der Waals surface area contributed by atoms with Crippen LogP contribution < -0.4 is 0 Å². The van der Waals surface area contributed by atoms with Gasteiger partial charge in [0.1, 0.15) is 0 Å². The van der Waals surface area contributed by atoms with Crippen molar-refractivity contribution in [3.8, 4) is 40.2 Å². The summed E-state index contributed by atoms with van der Waals surface area (Å²) in [7, 11) is 0. The van der Waals surface area contributed by atoms with Gasteiger partial charge in [-0.1, -0.05) is 109 Å². The number of nitriles is 1. The van der Waals surface area contributed by atoms with Crippen LogP contribution in [-0.4, -0.2) is 15.0 Å². The third-order valence-corrected chi connectivity index (χ3v) is 12.7. The fourth-order valence-electron chi connectivity index (χ4n) is 10.8. The smallest absolute Gasteiger partial charge is 0.164 e. The highest BCUT2D eigenvalue weighted by Gasteiger charge is 2.51. The summed E-state index contributed by atoms with van der Waals surface area (Å²) >= 11 is 0. The zero-order valence-electron chi connectivity index (χ0n) is 28.9. The molecule has 4 fully saturated rings. The van der Waals surface area contributed by atoms with Crippen LogP contribution in [0.25, 0.3) is 77.3 Å². The van der Waals surface area contributed by atoms with Crippen LogP contribution >= 0.6 is 0 Å². The topological polar surface area (TPSA) is 62.5 Å². The van der Waals surface area contributed by atoms with E-state index in [9.17, 15) is 5.26 Å². The van der Waals surface area contributed by atoms with Crippen LogP contribution in [0, 0.1) is 29.1 Å². The van der Waals surface area contributed by atoms with Crippen molar-refractivity contribution in [1.29, 1.82) is 5.26 Å². The average Bonchev–Trinajstić information content (AvgIpc) is 3.19. The molecule has 1 heterocycles. The van der Waals surface area contributed by atoms with E-state index in [2.05, 4.69) is 115 Å². The molecule has 8 aromatic rings. The maximum Gasteiger partial charge on any atom is 0.164 e. The van der Waals surface area contributed by atoms with E-state index in [0.717, 1.165) is 72.1 Å². The molecule has 0 radical (unpaired) electrons. The first-order valence-corrected chi connectivity index (χ1v) is 18.7. The predicted molar refractivity (Wildman–Crippen MR) is 211 cm³/mol. The molecule has 4 nitrogen and oxygen atoms in total. The summed E-state index contributed by atoms with van der Waals surface area (Å²) in [5.41, 5.74) is 5.46. The van der Waals surface area contributed by atoms with Crippen molar-refractivity contribution < 1.29 is 0 Å². The molecule has 4 heteroatoms. The number of fused-ring (bicyclic) bond motifs is 7. The van der Waals surface area contributed by atoms with Gasteiger partial charge in [0.2, 0.25) is 0 Å². The van der Waals surface area contributed by atoms with Crippen molar-refractivity contribution in [3.63, 3.8) is 0 Å². The van der Waals surface area contributed by atoms with E-state index in [-0.39, 0.29) is 0 Å². The summed E-state index contributed by atoms with van der Waals surface area (Å²) < 4.78 is 0. The van der Waals surface area contributed by atoms with Crippen LogP contribution in [0.1, 0.15) is 49.7 Å². The van der Waals surface area contributed by atoms with Gasteiger partial charge >= 0.3 is 0 Å². The Hall–Kier alpha value is -5.92. The molecule has 4 aliphatic carbocycles. The lowest BCUT2D eigenvalue weighted by Crippen LogP contribution is -2.48. The second kappa shape index (κ2) is 11.3. The van der Waals surface area contributed by atoms with E-state index < -0.39 is 0 Å². The Morgan fingerprint density at radius 1 is 0.481 bits per heavy atom. The molecular weight excluding hydrogens is 633 g/mol. The van der Waals surface area contributed by atoms with Crippen LogP contribution in [0.5, 0.6) is 0 Å². The Labute approximate surface area is 302 Å². The van der Waals surface area contributed by atoms with Gasteiger partial charge in [0, 0.05) is 22.1 Å². The lowest BCUT2D eigenvalue weighted by Gasteiger charge is -2.57. The molecule has 0 atom stereocenters. The summed E-state index contributed by atoms with van der Waals surface area (Å²) in [5, 5.41) is 18.8. The van der Waals surface area contributed by atoms with Gasteiger partial charge in [0.15, 0.2) is 17.5 Å². The average molecular weight is 669 g/mol. The molecule has 1 aromatic heterocycles. The van der Waals surface area contributed by atoms with Crippen molar-refractivity contribution >= 4 is 43.1 Å². The highest BCUT2D eigenvalue weighted by atomic mass is 15.0. The van der Waals surface area contributed by atoms with Crippen LogP contribution in [0.4, 0.5) is 0 Å². The van der Waals surface area contributed by atoms with Crippen LogP contribution in [0.15, 0.2) is 127 Å². The molecule has 0 saturated heterocycles. The minimum Gasteiger partial charge on any atom is -0.208 e. The number of nitrogens with zero attached hydrogens (tertiary/aromatic N) is 4. The van der Waals surface area contributed by atoms with Crippen molar-refractivity contribution in [2.24, 2.45) is 17.8 Å². The van der Waals surface area contributed by atoms with Gasteiger partial charge in [-0.05, 0) is 123 Å². The minimum absolute atomic E-state index is 0.347. The lowest BCUT2D eigenvalue weighted by molar-refractivity contribution is -0.00518. The summed E-state index contributed by atoms with van der Waals surface area (Å²) in [6.07, 6.45) is 8.40. The molecule has 0 aliphatic heterocycles. The quantitative estimate of drug-likeness (QED) is 0.175. The number of aromatic nitrogens is 3. The number of benzene rings is 7. The Balaban J connectivity index is 1.08. The number of rotatable bonds is 4. The maximum atomic E-state index is 10.0. The van der Waals surface area contributed by atoms with Crippen LogP contribution in [0.3, 0.4) is 0 Å². The van der Waals surface area contributed by atoms with E-state index in [4.69, 9.17) is 15.0 Å². The van der Waals surface area contributed by atoms with Crippen molar-refractivity contribution in [2.75, 3.05) is 0 Å². The second-order valence-corrected chi connectivity index (χ2v) is 15.8. The SMILES string of the molecule is N#Cc1cccc2c3ccc(-c4nc(-c5ccc(C67C[C@H]8C[C@@H](C6)C[C@@H](C7)C8)cc5)nc(-c5ccc6ccccc6c5)n4)cc3c3ccccc3c12. The highest BCUT2D eigenvalue weighted by molar-refractivity contribution is 6.26. The minimum atomic E-state index is 0.347. The van der Waals surface area contributed by atoms with Crippen molar-refractivity contribution in [1.82, 2.24) is 15.0 Å². The molecule has 4 saturated carbocycles. The van der Waals surface area contributed by atoms with Crippen molar-refractivity contribution in [3.05, 3.63) is 139 Å². The van der Waals surface area contributed by atoms with E-state index in [0.29, 0.717) is 28.5 Å². The number of hydrogen-bond donors (Lipinski definition) is 0. The fourth-order valence-corrected chi connectivity index (χ4v) is 10.8. The fraction of sp³-hybridized carbons (Fsp3) is 0.208. The lowest BCUT2D eigenvalue weighted by atomic mass is 9.48. The van der Waals surface area contributed by atoms with Gasteiger partial charge in [-0.2, -0.15) is 5.26 Å². The predicted octanol–water partition coefficient (Wildman–Crippen LogP) is 11.8. The third kappa shape index (κ3) is 4.62. The van der Waals surface area contributed by atoms with Gasteiger partial charge < -0.3 is 0 Å². The zero-order chi connectivity index (χ0) is 34.4. The number of hydrogen-bond acceptors (Lipinski definition) is 4. The van der Waals surface area contributed by atoms with Gasteiger partial charge in [-0.3, -0.25) is 0 Å². The summed E-state index contributed by atoms with van der Waals surface area (Å²) in [5.74, 6) is 4.73. The van der Waals surface area contributed by atoms with E-state index in [1.807, 2.05) is 18.2 Å². The molecule has 7 aromatic carbocycles. The zero-order valence-corrected chi connectivity index (χ0v) is 28.9. The summed E-state index contributed by atoms with van der Waals surface area (Å²) in [4.78, 5) is 15.5. The Morgan fingerprint density at radius 3 is 1.71 bits per heavy atom. The summed E-state index contributed by atoms with van der Waals surface area (Å²) in [6.45, 7) is 0. The monoisotopic (exact) mass is 668 g/mol. The molecular formula is C48H36N4. The molecule has 0 unspecified atom stereocenters. The normalized spacial score (nSPS) is 22.0. The standard InChI is InChI=1S/C48H36N4/c49-28-37-8-5-11-42-40-19-16-36(24-43(40)39-9-3-4-10-41(39)44(37)42)47-51-45(50-46(52-47)35-13-12-32-6-1-2-7-34(32)23-35)33-14-17-38(18-15-33)48-25-29-20-30(26-48)22-31(21-29)27-48/h1-19,23-24,29-31H,20-22,25-27H2/t29-,30+,31-,48?. The second-order valence-electron chi connectivity index (χ2n) is 15.8. The van der Waals surface area contributed by atoms with E-state index in [1.54, 1.807) is 0 Å². The highest BCUT2D eigenvalue weighted by Crippen LogP contribution is 2.60.